The predicted octanol–water partition coefficient (Wildman–Crippen LogP) is 1.41. The first-order chi connectivity index (χ1) is 12.2. The van der Waals surface area contributed by atoms with Crippen molar-refractivity contribution >= 4 is 5.91 Å². The summed E-state index contributed by atoms with van der Waals surface area (Å²) in [6, 6.07) is 5.23. The molecule has 4 rings (SSSR count). The summed E-state index contributed by atoms with van der Waals surface area (Å²) >= 11 is 0. The van der Waals surface area contributed by atoms with Gasteiger partial charge in [0.05, 0.1) is 11.6 Å². The number of rotatable bonds is 3. The summed E-state index contributed by atoms with van der Waals surface area (Å²) in [6.07, 6.45) is 0. The molecule has 0 N–H and O–H groups in total. The van der Waals surface area contributed by atoms with E-state index in [0.717, 1.165) is 11.6 Å². The fourth-order valence-electron chi connectivity index (χ4n) is 3.35. The second-order valence-electron chi connectivity index (χ2n) is 6.06. The molecule has 2 aliphatic heterocycles. The van der Waals surface area contributed by atoms with Crippen LogP contribution in [0.4, 0.5) is 0 Å². The standard InChI is InChI=1S/C17H20N4O4/c1-11-16-19-18-14(10-23-2)21(16)7-6-20(11)17(22)12-4-3-5-13-15(12)25-9-8-24-13/h3-5,11H,6-10H2,1-2H3/t11-/m1/s1. The van der Waals surface area contributed by atoms with E-state index in [4.69, 9.17) is 14.2 Å². The molecule has 1 atom stereocenters. The lowest BCUT2D eigenvalue weighted by molar-refractivity contribution is 0.0623. The number of nitrogens with zero attached hydrogens (tertiary/aromatic N) is 4. The number of ether oxygens (including phenoxy) is 3. The molecule has 1 amide bonds. The highest BCUT2D eigenvalue weighted by atomic mass is 16.6. The summed E-state index contributed by atoms with van der Waals surface area (Å²) in [7, 11) is 1.63. The molecule has 0 bridgehead atoms. The van der Waals surface area contributed by atoms with E-state index >= 15 is 0 Å². The zero-order chi connectivity index (χ0) is 17.4. The van der Waals surface area contributed by atoms with Gasteiger partial charge in [-0.3, -0.25) is 4.79 Å². The van der Waals surface area contributed by atoms with Crippen LogP contribution in [-0.4, -0.2) is 52.4 Å². The number of aromatic nitrogens is 3. The molecule has 0 saturated carbocycles. The molecule has 0 spiro atoms. The lowest BCUT2D eigenvalue weighted by Crippen LogP contribution is -2.41. The molecule has 2 aliphatic rings. The molecule has 0 unspecified atom stereocenters. The summed E-state index contributed by atoms with van der Waals surface area (Å²) in [4.78, 5) is 14.9. The van der Waals surface area contributed by atoms with Crippen molar-refractivity contribution < 1.29 is 19.0 Å². The van der Waals surface area contributed by atoms with Gasteiger partial charge >= 0.3 is 0 Å². The van der Waals surface area contributed by atoms with Crippen molar-refractivity contribution in [2.45, 2.75) is 26.1 Å². The smallest absolute Gasteiger partial charge is 0.258 e. The third kappa shape index (κ3) is 2.62. The minimum Gasteiger partial charge on any atom is -0.486 e. The van der Waals surface area contributed by atoms with E-state index in [-0.39, 0.29) is 11.9 Å². The van der Waals surface area contributed by atoms with Crippen molar-refractivity contribution in [3.63, 3.8) is 0 Å². The Balaban J connectivity index is 1.63. The van der Waals surface area contributed by atoms with Gasteiger partial charge in [-0.2, -0.15) is 0 Å². The number of hydrogen-bond donors (Lipinski definition) is 0. The lowest BCUT2D eigenvalue weighted by atomic mass is 10.1. The second kappa shape index (κ2) is 6.36. The third-order valence-corrected chi connectivity index (χ3v) is 4.59. The lowest BCUT2D eigenvalue weighted by Gasteiger charge is -2.34. The maximum absolute atomic E-state index is 13.1. The van der Waals surface area contributed by atoms with Crippen LogP contribution in [0.25, 0.3) is 0 Å². The maximum atomic E-state index is 13.1. The van der Waals surface area contributed by atoms with Crippen LogP contribution in [0.5, 0.6) is 11.5 Å². The van der Waals surface area contributed by atoms with Gasteiger partial charge in [-0.15, -0.1) is 10.2 Å². The van der Waals surface area contributed by atoms with E-state index in [9.17, 15) is 4.79 Å². The molecular weight excluding hydrogens is 324 g/mol. The number of fused-ring (bicyclic) bond motifs is 2. The minimum absolute atomic E-state index is 0.0857. The molecule has 0 aliphatic carbocycles. The van der Waals surface area contributed by atoms with E-state index in [1.165, 1.54) is 0 Å². The largest absolute Gasteiger partial charge is 0.486 e. The third-order valence-electron chi connectivity index (χ3n) is 4.59. The van der Waals surface area contributed by atoms with Gasteiger partial charge in [0.15, 0.2) is 23.1 Å². The summed E-state index contributed by atoms with van der Waals surface area (Å²) < 4.78 is 18.4. The molecule has 1 aromatic heterocycles. The Bertz CT molecular complexity index is 804. The molecular formula is C17H20N4O4. The predicted molar refractivity (Wildman–Crippen MR) is 87.6 cm³/mol. The van der Waals surface area contributed by atoms with Crippen LogP contribution in [-0.2, 0) is 17.9 Å². The minimum atomic E-state index is -0.181. The average Bonchev–Trinajstić information content (AvgIpc) is 3.05. The first kappa shape index (κ1) is 15.9. The molecule has 25 heavy (non-hydrogen) atoms. The van der Waals surface area contributed by atoms with Crippen molar-refractivity contribution in [2.75, 3.05) is 26.9 Å². The summed E-state index contributed by atoms with van der Waals surface area (Å²) in [5.74, 6) is 2.61. The molecule has 0 saturated heterocycles. The van der Waals surface area contributed by atoms with Gasteiger partial charge in [0.2, 0.25) is 0 Å². The van der Waals surface area contributed by atoms with E-state index in [0.29, 0.717) is 50.0 Å². The van der Waals surface area contributed by atoms with Gasteiger partial charge in [-0.1, -0.05) is 6.07 Å². The average molecular weight is 344 g/mol. The van der Waals surface area contributed by atoms with Crippen molar-refractivity contribution in [3.05, 3.63) is 35.4 Å². The summed E-state index contributed by atoms with van der Waals surface area (Å²) in [5, 5.41) is 8.43. The maximum Gasteiger partial charge on any atom is 0.258 e. The van der Waals surface area contributed by atoms with E-state index in [1.807, 2.05) is 23.6 Å². The van der Waals surface area contributed by atoms with Crippen LogP contribution in [0.3, 0.4) is 0 Å². The molecule has 8 nitrogen and oxygen atoms in total. The van der Waals surface area contributed by atoms with Crippen LogP contribution >= 0.6 is 0 Å². The Hall–Kier alpha value is -2.61. The number of methoxy groups -OCH3 is 1. The van der Waals surface area contributed by atoms with Gasteiger partial charge in [-0.05, 0) is 19.1 Å². The second-order valence-corrected chi connectivity index (χ2v) is 6.06. The zero-order valence-electron chi connectivity index (χ0n) is 14.3. The quantitative estimate of drug-likeness (QED) is 0.838. The molecule has 2 aromatic rings. The number of benzene rings is 1. The Morgan fingerprint density at radius 3 is 2.96 bits per heavy atom. The fraction of sp³-hybridized carbons (Fsp3) is 0.471. The van der Waals surface area contributed by atoms with Crippen LogP contribution in [0, 0.1) is 0 Å². The van der Waals surface area contributed by atoms with Crippen LogP contribution < -0.4 is 9.47 Å². The molecule has 3 heterocycles. The van der Waals surface area contributed by atoms with Crippen molar-refractivity contribution in [1.82, 2.24) is 19.7 Å². The normalized spacial score (nSPS) is 18.8. The Morgan fingerprint density at radius 2 is 2.12 bits per heavy atom. The van der Waals surface area contributed by atoms with Crippen LogP contribution in [0.2, 0.25) is 0 Å². The van der Waals surface area contributed by atoms with E-state index in [1.54, 1.807) is 18.1 Å². The monoisotopic (exact) mass is 344 g/mol. The number of carbonyl (C=O) groups is 1. The van der Waals surface area contributed by atoms with E-state index < -0.39 is 0 Å². The molecule has 0 radical (unpaired) electrons. The van der Waals surface area contributed by atoms with Crippen molar-refractivity contribution in [1.29, 1.82) is 0 Å². The molecule has 0 fully saturated rings. The highest BCUT2D eigenvalue weighted by molar-refractivity contribution is 5.98. The Labute approximate surface area is 145 Å². The zero-order valence-corrected chi connectivity index (χ0v) is 14.3. The first-order valence-electron chi connectivity index (χ1n) is 8.31. The number of hydrogen-bond acceptors (Lipinski definition) is 6. The summed E-state index contributed by atoms with van der Waals surface area (Å²) in [5.41, 5.74) is 0.522. The molecule has 1 aromatic carbocycles. The highest BCUT2D eigenvalue weighted by Crippen LogP contribution is 2.36. The number of para-hydroxylation sites is 1. The summed E-state index contributed by atoms with van der Waals surface area (Å²) in [6.45, 7) is 4.53. The molecule has 132 valence electrons. The van der Waals surface area contributed by atoms with Crippen LogP contribution in [0.15, 0.2) is 18.2 Å². The number of amides is 1. The van der Waals surface area contributed by atoms with Gasteiger partial charge in [0.25, 0.3) is 5.91 Å². The van der Waals surface area contributed by atoms with Gasteiger partial charge in [-0.25, -0.2) is 0 Å². The number of carbonyl (C=O) groups excluding carboxylic acids is 1. The fourth-order valence-corrected chi connectivity index (χ4v) is 3.35. The SMILES string of the molecule is COCc1nnc2n1CCN(C(=O)c1cccc3c1OCCO3)[C@@H]2C. The Morgan fingerprint density at radius 1 is 1.28 bits per heavy atom. The van der Waals surface area contributed by atoms with Gasteiger partial charge < -0.3 is 23.7 Å². The van der Waals surface area contributed by atoms with Crippen LogP contribution in [0.1, 0.15) is 35.0 Å². The first-order valence-corrected chi connectivity index (χ1v) is 8.31. The van der Waals surface area contributed by atoms with Crippen molar-refractivity contribution in [3.8, 4) is 11.5 Å². The van der Waals surface area contributed by atoms with Gasteiger partial charge in [0, 0.05) is 20.2 Å². The Kier molecular flexibility index (Phi) is 4.04. The highest BCUT2D eigenvalue weighted by Gasteiger charge is 2.33. The van der Waals surface area contributed by atoms with E-state index in [2.05, 4.69) is 10.2 Å². The van der Waals surface area contributed by atoms with Crippen molar-refractivity contribution in [2.24, 2.45) is 0 Å². The topological polar surface area (TPSA) is 78.7 Å². The molecule has 8 heteroatoms. The van der Waals surface area contributed by atoms with Gasteiger partial charge in [0.1, 0.15) is 19.8 Å².